The molecule has 3 heteroatoms. The molecule has 120 valence electrons. The molecule has 0 saturated carbocycles. The van der Waals surface area contributed by atoms with Gasteiger partial charge < -0.3 is 0 Å². The van der Waals surface area contributed by atoms with Crippen molar-refractivity contribution >= 4 is 10.9 Å². The molecule has 0 atom stereocenters. The van der Waals surface area contributed by atoms with Crippen molar-refractivity contribution in [2.24, 2.45) is 5.41 Å². The third-order valence-electron chi connectivity index (χ3n) is 4.14. The monoisotopic (exact) mass is 315 g/mol. The van der Waals surface area contributed by atoms with E-state index in [0.29, 0.717) is 6.42 Å². The van der Waals surface area contributed by atoms with Gasteiger partial charge >= 0.3 is 0 Å². The van der Waals surface area contributed by atoms with Gasteiger partial charge in [-0.1, -0.05) is 29.3 Å². The number of aromatic nitrogens is 2. The van der Waals surface area contributed by atoms with Crippen molar-refractivity contribution < 1.29 is 0 Å². The van der Waals surface area contributed by atoms with Crippen LogP contribution in [0.15, 0.2) is 42.7 Å². The standard InChI is InChI=1S/C21H21N3/c1-14-7-15(2)9-17(8-14)20-18-6-5-16(11-21(3,4)12-22)10-19(18)23-13-24-20/h5-10,13H,11H2,1-4H3. The second kappa shape index (κ2) is 6.05. The lowest BCUT2D eigenvalue weighted by atomic mass is 9.87. The molecule has 24 heavy (non-hydrogen) atoms. The van der Waals surface area contributed by atoms with Crippen LogP contribution in [-0.4, -0.2) is 9.97 Å². The first-order valence-corrected chi connectivity index (χ1v) is 8.11. The van der Waals surface area contributed by atoms with E-state index in [9.17, 15) is 5.26 Å². The normalized spacial score (nSPS) is 11.5. The summed E-state index contributed by atoms with van der Waals surface area (Å²) in [5, 5.41) is 10.3. The molecule has 1 heterocycles. The first-order valence-electron chi connectivity index (χ1n) is 8.11. The highest BCUT2D eigenvalue weighted by Crippen LogP contribution is 2.29. The second-order valence-corrected chi connectivity index (χ2v) is 7.12. The van der Waals surface area contributed by atoms with Crippen molar-refractivity contribution in [3.63, 3.8) is 0 Å². The van der Waals surface area contributed by atoms with Crippen LogP contribution in [0.4, 0.5) is 0 Å². The lowest BCUT2D eigenvalue weighted by molar-refractivity contribution is 0.493. The molecule has 1 aromatic heterocycles. The predicted octanol–water partition coefficient (Wildman–Crippen LogP) is 5.01. The predicted molar refractivity (Wildman–Crippen MR) is 97.5 cm³/mol. The van der Waals surface area contributed by atoms with Gasteiger partial charge in [0.05, 0.1) is 22.7 Å². The summed E-state index contributed by atoms with van der Waals surface area (Å²) in [5.74, 6) is 0. The fourth-order valence-corrected chi connectivity index (χ4v) is 3.10. The van der Waals surface area contributed by atoms with Crippen LogP contribution >= 0.6 is 0 Å². The first kappa shape index (κ1) is 16.1. The van der Waals surface area contributed by atoms with E-state index in [1.165, 1.54) is 11.1 Å². The molecule has 0 saturated heterocycles. The van der Waals surface area contributed by atoms with Gasteiger partial charge in [-0.05, 0) is 57.9 Å². The fraction of sp³-hybridized carbons (Fsp3) is 0.286. The average Bonchev–Trinajstić information content (AvgIpc) is 2.53. The molecule has 3 aromatic rings. The number of nitrogens with zero attached hydrogens (tertiary/aromatic N) is 3. The van der Waals surface area contributed by atoms with Crippen LogP contribution in [0.3, 0.4) is 0 Å². The van der Waals surface area contributed by atoms with Crippen LogP contribution < -0.4 is 0 Å². The molecule has 0 aliphatic rings. The maximum atomic E-state index is 9.24. The Kier molecular flexibility index (Phi) is 4.07. The van der Waals surface area contributed by atoms with Crippen molar-refractivity contribution in [2.75, 3.05) is 0 Å². The molecular formula is C21H21N3. The zero-order chi connectivity index (χ0) is 17.3. The third kappa shape index (κ3) is 3.28. The summed E-state index contributed by atoms with van der Waals surface area (Å²) in [7, 11) is 0. The summed E-state index contributed by atoms with van der Waals surface area (Å²) in [4.78, 5) is 8.95. The molecule has 0 spiro atoms. The highest BCUT2D eigenvalue weighted by molar-refractivity contribution is 5.92. The van der Waals surface area contributed by atoms with Gasteiger partial charge in [-0.3, -0.25) is 0 Å². The summed E-state index contributed by atoms with van der Waals surface area (Å²) in [6.07, 6.45) is 2.33. The maximum absolute atomic E-state index is 9.24. The Bertz CT molecular complexity index is 929. The van der Waals surface area contributed by atoms with Gasteiger partial charge in [0, 0.05) is 10.9 Å². The molecule has 0 bridgehead atoms. The van der Waals surface area contributed by atoms with Crippen LogP contribution in [0.5, 0.6) is 0 Å². The van der Waals surface area contributed by atoms with Gasteiger partial charge in [0.2, 0.25) is 0 Å². The van der Waals surface area contributed by atoms with E-state index in [2.05, 4.69) is 66.3 Å². The molecule has 0 N–H and O–H groups in total. The molecule has 0 unspecified atom stereocenters. The van der Waals surface area contributed by atoms with Gasteiger partial charge in [-0.2, -0.15) is 5.26 Å². The van der Waals surface area contributed by atoms with Crippen molar-refractivity contribution in [2.45, 2.75) is 34.1 Å². The highest BCUT2D eigenvalue weighted by Gasteiger charge is 2.18. The second-order valence-electron chi connectivity index (χ2n) is 7.12. The van der Waals surface area contributed by atoms with Crippen LogP contribution in [0, 0.1) is 30.6 Å². The van der Waals surface area contributed by atoms with Gasteiger partial charge in [-0.25, -0.2) is 9.97 Å². The van der Waals surface area contributed by atoms with E-state index in [4.69, 9.17) is 0 Å². The van der Waals surface area contributed by atoms with Crippen molar-refractivity contribution in [1.82, 2.24) is 9.97 Å². The number of benzene rings is 2. The van der Waals surface area contributed by atoms with E-state index in [1.807, 2.05) is 13.8 Å². The average molecular weight is 315 g/mol. The topological polar surface area (TPSA) is 49.6 Å². The molecule has 0 fully saturated rings. The van der Waals surface area contributed by atoms with Crippen molar-refractivity contribution in [3.8, 4) is 17.3 Å². The van der Waals surface area contributed by atoms with Gasteiger partial charge in [0.15, 0.2) is 0 Å². The van der Waals surface area contributed by atoms with E-state index in [-0.39, 0.29) is 5.41 Å². The molecule has 2 aromatic carbocycles. The Labute approximate surface area is 143 Å². The van der Waals surface area contributed by atoms with Crippen LogP contribution in [0.1, 0.15) is 30.5 Å². The Balaban J connectivity index is 2.10. The SMILES string of the molecule is Cc1cc(C)cc(-c2ncnc3cc(CC(C)(C)C#N)ccc23)c1. The summed E-state index contributed by atoms with van der Waals surface area (Å²) < 4.78 is 0. The zero-order valence-corrected chi connectivity index (χ0v) is 14.6. The molecule has 0 amide bonds. The smallest absolute Gasteiger partial charge is 0.116 e. The largest absolute Gasteiger partial charge is 0.236 e. The molecule has 3 nitrogen and oxygen atoms in total. The van der Waals surface area contributed by atoms with Gasteiger partial charge in [-0.15, -0.1) is 0 Å². The minimum Gasteiger partial charge on any atom is -0.236 e. The lowest BCUT2D eigenvalue weighted by Gasteiger charge is -2.15. The number of aryl methyl sites for hydroxylation is 2. The molecule has 0 radical (unpaired) electrons. The molecular weight excluding hydrogens is 294 g/mol. The van der Waals surface area contributed by atoms with Gasteiger partial charge in [0.25, 0.3) is 0 Å². The third-order valence-corrected chi connectivity index (χ3v) is 4.14. The number of nitriles is 1. The summed E-state index contributed by atoms with van der Waals surface area (Å²) in [6.45, 7) is 8.11. The van der Waals surface area contributed by atoms with E-state index in [0.717, 1.165) is 27.7 Å². The minimum absolute atomic E-state index is 0.378. The Hall–Kier alpha value is -2.73. The van der Waals surface area contributed by atoms with E-state index in [1.54, 1.807) is 6.33 Å². The zero-order valence-electron chi connectivity index (χ0n) is 14.6. The van der Waals surface area contributed by atoms with Crippen LogP contribution in [0.2, 0.25) is 0 Å². The Morgan fingerprint density at radius 2 is 1.71 bits per heavy atom. The van der Waals surface area contributed by atoms with Crippen molar-refractivity contribution in [3.05, 3.63) is 59.4 Å². The maximum Gasteiger partial charge on any atom is 0.116 e. The summed E-state index contributed by atoms with van der Waals surface area (Å²) in [5.41, 5.74) is 6.19. The summed E-state index contributed by atoms with van der Waals surface area (Å²) in [6, 6.07) is 15.1. The number of hydrogen-bond donors (Lipinski definition) is 0. The van der Waals surface area contributed by atoms with Gasteiger partial charge in [0.1, 0.15) is 6.33 Å². The Morgan fingerprint density at radius 1 is 1.00 bits per heavy atom. The van der Waals surface area contributed by atoms with E-state index >= 15 is 0 Å². The number of hydrogen-bond acceptors (Lipinski definition) is 3. The molecule has 0 aliphatic heterocycles. The quantitative estimate of drug-likeness (QED) is 0.683. The lowest BCUT2D eigenvalue weighted by Crippen LogP contribution is -2.11. The highest BCUT2D eigenvalue weighted by atomic mass is 14.8. The molecule has 0 aliphatic carbocycles. The first-order chi connectivity index (χ1) is 11.4. The fourth-order valence-electron chi connectivity index (χ4n) is 3.10. The number of rotatable bonds is 3. The Morgan fingerprint density at radius 3 is 2.38 bits per heavy atom. The minimum atomic E-state index is -0.378. The van der Waals surface area contributed by atoms with Crippen LogP contribution in [-0.2, 0) is 6.42 Å². The molecule has 3 rings (SSSR count). The van der Waals surface area contributed by atoms with Crippen LogP contribution in [0.25, 0.3) is 22.2 Å². The number of fused-ring (bicyclic) bond motifs is 1. The van der Waals surface area contributed by atoms with E-state index < -0.39 is 0 Å². The van der Waals surface area contributed by atoms with Crippen molar-refractivity contribution in [1.29, 1.82) is 5.26 Å². The summed E-state index contributed by atoms with van der Waals surface area (Å²) >= 11 is 0.